The number of unbranched alkanes of at least 4 members (excludes halogenated alkanes) is 1. The molecule has 0 aliphatic heterocycles. The molecule has 6 heteroatoms. The number of aromatic nitrogens is 3. The van der Waals surface area contributed by atoms with Crippen LogP contribution in [0, 0.1) is 0 Å². The van der Waals surface area contributed by atoms with E-state index in [9.17, 15) is 4.79 Å². The van der Waals surface area contributed by atoms with Crippen molar-refractivity contribution in [1.82, 2.24) is 15.0 Å². The van der Waals surface area contributed by atoms with Gasteiger partial charge in [0.25, 0.3) is 0 Å². The minimum atomic E-state index is -0.372. The van der Waals surface area contributed by atoms with Gasteiger partial charge in [-0.25, -0.2) is 4.68 Å². The average Bonchev–Trinajstić information content (AvgIpc) is 2.66. The first-order chi connectivity index (χ1) is 8.56. The van der Waals surface area contributed by atoms with Crippen molar-refractivity contribution in [3.8, 4) is 0 Å². The first-order valence-electron chi connectivity index (χ1n) is 6.25. The third-order valence-corrected chi connectivity index (χ3v) is 2.70. The van der Waals surface area contributed by atoms with Crippen LogP contribution in [0.5, 0.6) is 0 Å². The summed E-state index contributed by atoms with van der Waals surface area (Å²) < 4.78 is 6.88. The van der Waals surface area contributed by atoms with Crippen LogP contribution in [0.4, 0.5) is 0 Å². The number of aryl methyl sites for hydroxylation is 1. The fourth-order valence-electron chi connectivity index (χ4n) is 1.95. The van der Waals surface area contributed by atoms with Crippen molar-refractivity contribution >= 4 is 5.91 Å². The molecule has 102 valence electrons. The maximum absolute atomic E-state index is 11.0. The molecule has 0 saturated heterocycles. The molecule has 0 spiro atoms. The van der Waals surface area contributed by atoms with Gasteiger partial charge in [-0.2, -0.15) is 0 Å². The summed E-state index contributed by atoms with van der Waals surface area (Å²) in [6.45, 7) is 5.67. The first kappa shape index (κ1) is 14.6. The molecule has 1 amide bonds. The van der Waals surface area contributed by atoms with Gasteiger partial charge in [-0.15, -0.1) is 5.10 Å². The quantitative estimate of drug-likeness (QED) is 0.697. The Labute approximate surface area is 107 Å². The van der Waals surface area contributed by atoms with Gasteiger partial charge in [-0.1, -0.05) is 19.1 Å². The second-order valence-electron chi connectivity index (χ2n) is 4.64. The van der Waals surface area contributed by atoms with Crippen molar-refractivity contribution in [3.63, 3.8) is 0 Å². The van der Waals surface area contributed by atoms with Crippen molar-refractivity contribution in [2.45, 2.75) is 45.6 Å². The van der Waals surface area contributed by atoms with Crippen molar-refractivity contribution < 1.29 is 9.53 Å². The van der Waals surface area contributed by atoms with Crippen molar-refractivity contribution in [3.05, 3.63) is 11.4 Å². The molecule has 0 radical (unpaired) electrons. The fraction of sp³-hybridized carbons (Fsp3) is 0.750. The Kier molecular flexibility index (Phi) is 5.77. The maximum Gasteiger partial charge on any atom is 0.223 e. The molecule has 18 heavy (non-hydrogen) atoms. The zero-order valence-electron chi connectivity index (χ0n) is 11.3. The SMILES string of the molecule is COCCCCn1nnc(CC(N)=O)c1C(C)C. The molecule has 0 fully saturated rings. The summed E-state index contributed by atoms with van der Waals surface area (Å²) in [6.07, 6.45) is 2.12. The number of amides is 1. The lowest BCUT2D eigenvalue weighted by molar-refractivity contribution is -0.117. The van der Waals surface area contributed by atoms with Gasteiger partial charge in [0, 0.05) is 20.3 Å². The molecule has 1 aromatic rings. The van der Waals surface area contributed by atoms with Gasteiger partial charge in [-0.05, 0) is 18.8 Å². The minimum absolute atomic E-state index is 0.158. The standard InChI is InChI=1S/C12H22N4O2/c1-9(2)12-10(8-11(13)17)14-15-16(12)6-4-5-7-18-3/h9H,4-8H2,1-3H3,(H2,13,17). The van der Waals surface area contributed by atoms with Crippen molar-refractivity contribution in [2.75, 3.05) is 13.7 Å². The number of methoxy groups -OCH3 is 1. The first-order valence-corrected chi connectivity index (χ1v) is 6.25. The number of ether oxygens (including phenoxy) is 1. The zero-order chi connectivity index (χ0) is 13.5. The van der Waals surface area contributed by atoms with E-state index in [2.05, 4.69) is 24.2 Å². The maximum atomic E-state index is 11.0. The summed E-state index contributed by atoms with van der Waals surface area (Å²) in [5.41, 5.74) is 6.91. The van der Waals surface area contributed by atoms with Crippen LogP contribution < -0.4 is 5.73 Å². The van der Waals surface area contributed by atoms with Crippen LogP contribution in [0.2, 0.25) is 0 Å². The Bertz CT molecular complexity index is 387. The second-order valence-corrected chi connectivity index (χ2v) is 4.64. The molecule has 1 rings (SSSR count). The Balaban J connectivity index is 2.72. The summed E-state index contributed by atoms with van der Waals surface area (Å²) in [4.78, 5) is 11.0. The van der Waals surface area contributed by atoms with Crippen molar-refractivity contribution in [1.29, 1.82) is 0 Å². The summed E-state index contributed by atoms with van der Waals surface area (Å²) in [5.74, 6) is -0.0971. The molecule has 1 aromatic heterocycles. The molecular formula is C12H22N4O2. The highest BCUT2D eigenvalue weighted by atomic mass is 16.5. The van der Waals surface area contributed by atoms with Gasteiger partial charge < -0.3 is 10.5 Å². The topological polar surface area (TPSA) is 83.0 Å². The monoisotopic (exact) mass is 254 g/mol. The van der Waals surface area contributed by atoms with E-state index in [1.165, 1.54) is 0 Å². The number of hydrogen-bond donors (Lipinski definition) is 1. The number of nitrogens with zero attached hydrogens (tertiary/aromatic N) is 3. The molecular weight excluding hydrogens is 232 g/mol. The second kappa shape index (κ2) is 7.10. The molecule has 2 N–H and O–H groups in total. The summed E-state index contributed by atoms with van der Waals surface area (Å²) >= 11 is 0. The van der Waals surface area contributed by atoms with Crippen LogP contribution in [-0.2, 0) is 22.5 Å². The van der Waals surface area contributed by atoms with Crippen LogP contribution >= 0.6 is 0 Å². The number of nitrogens with two attached hydrogens (primary N) is 1. The summed E-state index contributed by atoms with van der Waals surface area (Å²) in [5, 5.41) is 8.16. The van der Waals surface area contributed by atoms with Crippen LogP contribution in [0.3, 0.4) is 0 Å². The zero-order valence-corrected chi connectivity index (χ0v) is 11.3. The van der Waals surface area contributed by atoms with Crippen LogP contribution in [-0.4, -0.2) is 34.6 Å². The summed E-state index contributed by atoms with van der Waals surface area (Å²) in [7, 11) is 1.69. The largest absolute Gasteiger partial charge is 0.385 e. The van der Waals surface area contributed by atoms with E-state index in [0.29, 0.717) is 5.69 Å². The Morgan fingerprint density at radius 3 is 2.72 bits per heavy atom. The van der Waals surface area contributed by atoms with Gasteiger partial charge in [0.05, 0.1) is 17.8 Å². The fourth-order valence-corrected chi connectivity index (χ4v) is 1.95. The number of rotatable bonds is 8. The molecule has 0 aliphatic carbocycles. The van der Waals surface area contributed by atoms with Gasteiger partial charge in [0.2, 0.25) is 5.91 Å². The summed E-state index contributed by atoms with van der Waals surface area (Å²) in [6, 6.07) is 0. The Hall–Kier alpha value is -1.43. The van der Waals surface area contributed by atoms with Gasteiger partial charge in [0.15, 0.2) is 0 Å². The molecule has 0 unspecified atom stereocenters. The van der Waals surface area contributed by atoms with E-state index in [1.54, 1.807) is 7.11 Å². The van der Waals surface area contributed by atoms with Crippen LogP contribution in [0.1, 0.15) is 44.0 Å². The lowest BCUT2D eigenvalue weighted by Gasteiger charge is -2.10. The molecule has 0 aliphatic rings. The van der Waals surface area contributed by atoms with E-state index in [-0.39, 0.29) is 18.2 Å². The van der Waals surface area contributed by atoms with Crippen LogP contribution in [0.25, 0.3) is 0 Å². The highest BCUT2D eigenvalue weighted by molar-refractivity contribution is 5.76. The molecule has 0 aromatic carbocycles. The highest BCUT2D eigenvalue weighted by Crippen LogP contribution is 2.18. The number of carbonyl (C=O) groups excluding carboxylic acids is 1. The lowest BCUT2D eigenvalue weighted by Crippen LogP contribution is -2.16. The van der Waals surface area contributed by atoms with Gasteiger partial charge in [-0.3, -0.25) is 4.79 Å². The van der Waals surface area contributed by atoms with E-state index in [4.69, 9.17) is 10.5 Å². The molecule has 0 saturated carbocycles. The molecule has 0 atom stereocenters. The average molecular weight is 254 g/mol. The predicted octanol–water partition coefficient (Wildman–Crippen LogP) is 0.856. The number of primary amides is 1. The highest BCUT2D eigenvalue weighted by Gasteiger charge is 2.17. The molecule has 0 bridgehead atoms. The van der Waals surface area contributed by atoms with Crippen LogP contribution in [0.15, 0.2) is 0 Å². The molecule has 1 heterocycles. The number of carbonyl (C=O) groups is 1. The van der Waals surface area contributed by atoms with Crippen molar-refractivity contribution in [2.24, 2.45) is 5.73 Å². The minimum Gasteiger partial charge on any atom is -0.385 e. The Morgan fingerprint density at radius 2 is 2.17 bits per heavy atom. The predicted molar refractivity (Wildman–Crippen MR) is 68.1 cm³/mol. The third kappa shape index (κ3) is 4.10. The van der Waals surface area contributed by atoms with E-state index in [1.807, 2.05) is 4.68 Å². The third-order valence-electron chi connectivity index (χ3n) is 2.70. The van der Waals surface area contributed by atoms with Gasteiger partial charge in [0.1, 0.15) is 0 Å². The number of hydrogen-bond acceptors (Lipinski definition) is 4. The van der Waals surface area contributed by atoms with E-state index >= 15 is 0 Å². The lowest BCUT2D eigenvalue weighted by atomic mass is 10.1. The van der Waals surface area contributed by atoms with E-state index < -0.39 is 0 Å². The molecule has 6 nitrogen and oxygen atoms in total. The van der Waals surface area contributed by atoms with E-state index in [0.717, 1.165) is 31.7 Å². The smallest absolute Gasteiger partial charge is 0.223 e. The van der Waals surface area contributed by atoms with Gasteiger partial charge >= 0.3 is 0 Å². The normalized spacial score (nSPS) is 11.1. The Morgan fingerprint density at radius 1 is 1.44 bits per heavy atom.